The van der Waals surface area contributed by atoms with Crippen molar-refractivity contribution in [3.05, 3.63) is 0 Å². The van der Waals surface area contributed by atoms with Gasteiger partial charge in [-0.2, -0.15) is 0 Å². The van der Waals surface area contributed by atoms with Gasteiger partial charge >= 0.3 is 0 Å². The Hall–Kier alpha value is -0.320. The van der Waals surface area contributed by atoms with Gasteiger partial charge in [-0.05, 0) is 10.8 Å². The minimum atomic E-state index is -0.319. The molecule has 1 saturated heterocycles. The van der Waals surface area contributed by atoms with Crippen molar-refractivity contribution in [1.82, 2.24) is 10.6 Å². The Labute approximate surface area is 109 Å². The molecule has 0 radical (unpaired) electrons. The summed E-state index contributed by atoms with van der Waals surface area (Å²) in [6, 6.07) is 0.262. The van der Waals surface area contributed by atoms with Gasteiger partial charge < -0.3 is 15.4 Å². The van der Waals surface area contributed by atoms with Gasteiger partial charge in [0.15, 0.2) is 0 Å². The standard InChI is InChI=1S/C12H22N2O2.ClH/c1-11(2)10(12(11,3)4)14-9(15)8-7-13-5-6-16-8;/h8,10,13H,5-7H2,1-4H3,(H,14,15);1H. The van der Waals surface area contributed by atoms with Crippen LogP contribution in [0.2, 0.25) is 0 Å². The van der Waals surface area contributed by atoms with Crippen LogP contribution in [0.3, 0.4) is 0 Å². The summed E-state index contributed by atoms with van der Waals surface area (Å²) in [7, 11) is 0. The molecule has 0 aromatic rings. The predicted molar refractivity (Wildman–Crippen MR) is 69.4 cm³/mol. The Balaban J connectivity index is 0.00000144. The van der Waals surface area contributed by atoms with E-state index < -0.39 is 0 Å². The summed E-state index contributed by atoms with van der Waals surface area (Å²) in [6.07, 6.45) is -0.319. The van der Waals surface area contributed by atoms with Gasteiger partial charge in [0.25, 0.3) is 5.91 Å². The minimum absolute atomic E-state index is 0. The average molecular weight is 263 g/mol. The van der Waals surface area contributed by atoms with Gasteiger partial charge in [0.05, 0.1) is 6.61 Å². The van der Waals surface area contributed by atoms with Crippen molar-refractivity contribution in [1.29, 1.82) is 0 Å². The Kier molecular flexibility index (Phi) is 4.12. The molecule has 1 amide bonds. The summed E-state index contributed by atoms with van der Waals surface area (Å²) in [4.78, 5) is 11.9. The van der Waals surface area contributed by atoms with Crippen LogP contribution >= 0.6 is 12.4 Å². The van der Waals surface area contributed by atoms with Crippen molar-refractivity contribution in [2.24, 2.45) is 10.8 Å². The molecule has 0 aromatic carbocycles. The molecule has 1 aliphatic heterocycles. The maximum atomic E-state index is 11.9. The first kappa shape index (κ1) is 14.7. The Morgan fingerprint density at radius 1 is 1.29 bits per heavy atom. The number of ether oxygens (including phenoxy) is 1. The number of rotatable bonds is 2. The lowest BCUT2D eigenvalue weighted by Crippen LogP contribution is -2.49. The third-order valence-corrected chi connectivity index (χ3v) is 4.53. The Morgan fingerprint density at radius 3 is 2.29 bits per heavy atom. The Morgan fingerprint density at radius 2 is 1.88 bits per heavy atom. The summed E-state index contributed by atoms with van der Waals surface area (Å²) >= 11 is 0. The highest BCUT2D eigenvalue weighted by atomic mass is 35.5. The molecule has 2 fully saturated rings. The fourth-order valence-electron chi connectivity index (χ4n) is 2.53. The minimum Gasteiger partial charge on any atom is -0.366 e. The summed E-state index contributed by atoms with van der Waals surface area (Å²) in [6.45, 7) is 10.9. The van der Waals surface area contributed by atoms with Crippen LogP contribution in [-0.2, 0) is 9.53 Å². The molecule has 1 aliphatic carbocycles. The number of nitrogens with one attached hydrogen (secondary N) is 2. The van der Waals surface area contributed by atoms with Crippen LogP contribution < -0.4 is 10.6 Å². The smallest absolute Gasteiger partial charge is 0.250 e. The van der Waals surface area contributed by atoms with E-state index in [4.69, 9.17) is 4.74 Å². The fourth-order valence-corrected chi connectivity index (χ4v) is 2.53. The van der Waals surface area contributed by atoms with E-state index in [0.717, 1.165) is 6.54 Å². The summed E-state index contributed by atoms with van der Waals surface area (Å²) in [5, 5.41) is 6.27. The number of hydrogen-bond donors (Lipinski definition) is 2. The van der Waals surface area contributed by atoms with Crippen molar-refractivity contribution in [2.45, 2.75) is 39.8 Å². The maximum absolute atomic E-state index is 11.9. The zero-order valence-electron chi connectivity index (χ0n) is 11.0. The highest BCUT2D eigenvalue weighted by Crippen LogP contribution is 2.62. The van der Waals surface area contributed by atoms with Crippen LogP contribution in [0.5, 0.6) is 0 Å². The molecule has 4 nitrogen and oxygen atoms in total. The highest BCUT2D eigenvalue weighted by molar-refractivity contribution is 5.85. The molecular formula is C12H23ClN2O2. The van der Waals surface area contributed by atoms with E-state index in [1.165, 1.54) is 0 Å². The van der Waals surface area contributed by atoms with Crippen molar-refractivity contribution in [2.75, 3.05) is 19.7 Å². The number of amides is 1. The molecule has 2 aliphatic rings. The van der Waals surface area contributed by atoms with E-state index in [9.17, 15) is 4.79 Å². The zero-order valence-corrected chi connectivity index (χ0v) is 11.8. The first-order valence-corrected chi connectivity index (χ1v) is 6.00. The molecule has 0 aromatic heterocycles. The van der Waals surface area contributed by atoms with E-state index in [0.29, 0.717) is 13.2 Å². The predicted octanol–water partition coefficient (Wildman–Crippen LogP) is 0.947. The summed E-state index contributed by atoms with van der Waals surface area (Å²) < 4.78 is 5.43. The summed E-state index contributed by atoms with van der Waals surface area (Å²) in [5.41, 5.74) is 0.371. The van der Waals surface area contributed by atoms with Gasteiger partial charge in [-0.1, -0.05) is 27.7 Å². The number of carbonyl (C=O) groups is 1. The van der Waals surface area contributed by atoms with E-state index in [1.54, 1.807) is 0 Å². The molecule has 2 N–H and O–H groups in total. The maximum Gasteiger partial charge on any atom is 0.250 e. The average Bonchev–Trinajstić information content (AvgIpc) is 2.62. The van der Waals surface area contributed by atoms with Crippen molar-refractivity contribution >= 4 is 18.3 Å². The molecule has 100 valence electrons. The van der Waals surface area contributed by atoms with Crippen molar-refractivity contribution in [3.8, 4) is 0 Å². The van der Waals surface area contributed by atoms with Crippen LogP contribution in [0.1, 0.15) is 27.7 Å². The van der Waals surface area contributed by atoms with E-state index >= 15 is 0 Å². The van der Waals surface area contributed by atoms with Gasteiger partial charge in [0, 0.05) is 19.1 Å². The second-order valence-corrected chi connectivity index (χ2v) is 5.95. The van der Waals surface area contributed by atoms with E-state index in [1.807, 2.05) is 0 Å². The van der Waals surface area contributed by atoms with Gasteiger partial charge in [-0.15, -0.1) is 12.4 Å². The second-order valence-electron chi connectivity index (χ2n) is 5.95. The fraction of sp³-hybridized carbons (Fsp3) is 0.917. The molecule has 0 bridgehead atoms. The molecule has 1 heterocycles. The molecule has 0 spiro atoms. The molecule has 2 rings (SSSR count). The van der Waals surface area contributed by atoms with Crippen LogP contribution in [-0.4, -0.2) is 37.7 Å². The monoisotopic (exact) mass is 262 g/mol. The first-order valence-electron chi connectivity index (χ1n) is 6.00. The third-order valence-electron chi connectivity index (χ3n) is 4.53. The van der Waals surface area contributed by atoms with Crippen LogP contribution in [0.15, 0.2) is 0 Å². The Bertz CT molecular complexity index is 285. The topological polar surface area (TPSA) is 50.4 Å². The SMILES string of the molecule is CC1(C)C(NC(=O)C2CNCCO2)C1(C)C.Cl. The lowest BCUT2D eigenvalue weighted by atomic mass is 10.0. The first-order chi connectivity index (χ1) is 7.37. The number of morpholine rings is 1. The van der Waals surface area contributed by atoms with Crippen LogP contribution in [0, 0.1) is 10.8 Å². The van der Waals surface area contributed by atoms with Gasteiger partial charge in [0.1, 0.15) is 6.10 Å². The molecule has 1 atom stereocenters. The van der Waals surface area contributed by atoms with E-state index in [2.05, 4.69) is 38.3 Å². The molecule has 1 saturated carbocycles. The molecule has 1 unspecified atom stereocenters. The normalized spacial score (nSPS) is 30.2. The molecular weight excluding hydrogens is 240 g/mol. The van der Waals surface area contributed by atoms with Gasteiger partial charge in [0.2, 0.25) is 0 Å². The van der Waals surface area contributed by atoms with Crippen LogP contribution in [0.25, 0.3) is 0 Å². The van der Waals surface area contributed by atoms with Crippen molar-refractivity contribution < 1.29 is 9.53 Å². The van der Waals surface area contributed by atoms with Crippen molar-refractivity contribution in [3.63, 3.8) is 0 Å². The quantitative estimate of drug-likeness (QED) is 0.779. The second kappa shape index (κ2) is 4.75. The summed E-state index contributed by atoms with van der Waals surface area (Å²) in [5.74, 6) is 0.0239. The van der Waals surface area contributed by atoms with Crippen LogP contribution in [0.4, 0.5) is 0 Å². The molecule has 5 heteroatoms. The van der Waals surface area contributed by atoms with Gasteiger partial charge in [-0.3, -0.25) is 4.79 Å². The lowest BCUT2D eigenvalue weighted by molar-refractivity contribution is -0.134. The zero-order chi connectivity index (χ0) is 12.0. The third kappa shape index (κ3) is 2.44. The highest BCUT2D eigenvalue weighted by Gasteiger charge is 2.65. The molecule has 17 heavy (non-hydrogen) atoms. The number of hydrogen-bond acceptors (Lipinski definition) is 3. The number of halogens is 1. The lowest BCUT2D eigenvalue weighted by Gasteiger charge is -2.23. The van der Waals surface area contributed by atoms with E-state index in [-0.39, 0.29) is 41.3 Å². The van der Waals surface area contributed by atoms with Gasteiger partial charge in [-0.25, -0.2) is 0 Å². The largest absolute Gasteiger partial charge is 0.366 e. The number of carbonyl (C=O) groups excluding carboxylic acids is 1.